The fraction of sp³-hybridized carbons (Fsp3) is 0.111. The molecule has 0 spiro atoms. The molecule has 0 fully saturated rings. The summed E-state index contributed by atoms with van der Waals surface area (Å²) in [6.07, 6.45) is 1.07. The van der Waals surface area contributed by atoms with Crippen LogP contribution in [-0.2, 0) is 14.9 Å². The van der Waals surface area contributed by atoms with Crippen molar-refractivity contribution >= 4 is 8.25 Å². The molecule has 0 heterocycles. The van der Waals surface area contributed by atoms with Gasteiger partial charge in [-0.05, 0) is 6.08 Å². The van der Waals surface area contributed by atoms with E-state index in [9.17, 15) is 9.67 Å². The Balaban J connectivity index is 3.01. The molecule has 2 atom stereocenters. The van der Waals surface area contributed by atoms with Crippen LogP contribution in [0, 0.1) is 0 Å². The fourth-order valence-corrected chi connectivity index (χ4v) is 1.50. The highest BCUT2D eigenvalue weighted by atomic mass is 31.1. The first-order valence-corrected chi connectivity index (χ1v) is 5.18. The molecule has 0 aliphatic rings. The largest absolute Gasteiger partial charge is 0.358 e. The molecule has 1 rings (SSSR count). The van der Waals surface area contributed by atoms with E-state index in [0.717, 1.165) is 6.08 Å². The highest BCUT2D eigenvalue weighted by molar-refractivity contribution is 7.32. The third-order valence-electron chi connectivity index (χ3n) is 1.71. The van der Waals surface area contributed by atoms with E-state index in [1.807, 2.05) is 0 Å². The van der Waals surface area contributed by atoms with Gasteiger partial charge in [0.2, 0.25) is 5.79 Å². The van der Waals surface area contributed by atoms with Crippen molar-refractivity contribution in [2.75, 3.05) is 0 Å². The van der Waals surface area contributed by atoms with Gasteiger partial charge in [-0.15, -0.1) is 0 Å². The van der Waals surface area contributed by atoms with Crippen molar-refractivity contribution in [3.8, 4) is 0 Å². The quantitative estimate of drug-likeness (QED) is 0.452. The van der Waals surface area contributed by atoms with E-state index < -0.39 is 14.0 Å². The fourth-order valence-electron chi connectivity index (χ4n) is 1.03. The molecular formula is C9H11O4P. The lowest BCUT2D eigenvalue weighted by molar-refractivity contribution is -0.102. The van der Waals surface area contributed by atoms with E-state index >= 15 is 0 Å². The molecule has 1 aromatic carbocycles. The molecule has 2 N–H and O–H groups in total. The normalized spacial score (nSPS) is 17.0. The zero-order valence-corrected chi connectivity index (χ0v) is 8.38. The third-order valence-corrected chi connectivity index (χ3v) is 2.19. The lowest BCUT2D eigenvalue weighted by atomic mass is 10.1. The third kappa shape index (κ3) is 2.53. The van der Waals surface area contributed by atoms with Gasteiger partial charge in [0.05, 0.1) is 0 Å². The minimum atomic E-state index is -3.22. The van der Waals surface area contributed by atoms with Crippen LogP contribution in [0.4, 0.5) is 0 Å². The molecule has 1 aromatic rings. The Morgan fingerprint density at radius 3 is 2.43 bits per heavy atom. The van der Waals surface area contributed by atoms with Gasteiger partial charge in [0.25, 0.3) is 0 Å². The van der Waals surface area contributed by atoms with Gasteiger partial charge in [-0.1, -0.05) is 36.9 Å². The van der Waals surface area contributed by atoms with Crippen LogP contribution in [0.15, 0.2) is 43.0 Å². The molecule has 0 radical (unpaired) electrons. The highest BCUT2D eigenvalue weighted by Gasteiger charge is 2.28. The van der Waals surface area contributed by atoms with Crippen molar-refractivity contribution in [3.05, 3.63) is 48.6 Å². The Hall–Kier alpha value is -0.930. The Morgan fingerprint density at radius 1 is 1.43 bits per heavy atom. The average Bonchev–Trinajstić information content (AvgIpc) is 2.18. The zero-order valence-electron chi connectivity index (χ0n) is 7.38. The Labute approximate surface area is 82.4 Å². The number of aliphatic hydroxyl groups is 1. The zero-order chi connectivity index (χ0) is 10.6. The second kappa shape index (κ2) is 4.53. The number of benzene rings is 1. The van der Waals surface area contributed by atoms with Gasteiger partial charge in [0.1, 0.15) is 0 Å². The Kier molecular flexibility index (Phi) is 3.61. The van der Waals surface area contributed by atoms with Crippen LogP contribution in [-0.4, -0.2) is 10.00 Å². The molecule has 76 valence electrons. The van der Waals surface area contributed by atoms with Crippen molar-refractivity contribution < 1.29 is 19.1 Å². The summed E-state index contributed by atoms with van der Waals surface area (Å²) in [5.74, 6) is -1.90. The van der Waals surface area contributed by atoms with Crippen molar-refractivity contribution in [2.45, 2.75) is 5.79 Å². The molecule has 2 unspecified atom stereocenters. The molecule has 0 aliphatic carbocycles. The Bertz CT molecular complexity index is 338. The van der Waals surface area contributed by atoms with Gasteiger partial charge < -0.3 is 10.00 Å². The van der Waals surface area contributed by atoms with Gasteiger partial charge >= 0.3 is 8.25 Å². The van der Waals surface area contributed by atoms with Crippen LogP contribution < -0.4 is 0 Å². The summed E-state index contributed by atoms with van der Waals surface area (Å²) < 4.78 is 15.0. The lowest BCUT2D eigenvalue weighted by Crippen LogP contribution is -2.23. The second-order valence-corrected chi connectivity index (χ2v) is 3.37. The molecule has 0 bridgehead atoms. The van der Waals surface area contributed by atoms with Crippen LogP contribution in [0.3, 0.4) is 0 Å². The minimum absolute atomic E-state index is 0.363. The van der Waals surface area contributed by atoms with Gasteiger partial charge in [-0.25, -0.2) is 0 Å². The van der Waals surface area contributed by atoms with Crippen LogP contribution in [0.25, 0.3) is 0 Å². The summed E-state index contributed by atoms with van der Waals surface area (Å²) in [5.41, 5.74) is 0.363. The van der Waals surface area contributed by atoms with E-state index in [-0.39, 0.29) is 0 Å². The topological polar surface area (TPSA) is 66.8 Å². The summed E-state index contributed by atoms with van der Waals surface area (Å²) in [7, 11) is -3.22. The molecule has 5 heteroatoms. The van der Waals surface area contributed by atoms with Crippen LogP contribution in [0.1, 0.15) is 5.56 Å². The maximum absolute atomic E-state index is 10.5. The first-order valence-electron chi connectivity index (χ1n) is 3.92. The summed E-state index contributed by atoms with van der Waals surface area (Å²) in [6.45, 7) is 3.35. The molecule has 0 amide bonds. The Morgan fingerprint density at radius 2 is 2.00 bits per heavy atom. The van der Waals surface area contributed by atoms with Crippen molar-refractivity contribution in [1.29, 1.82) is 0 Å². The standard InChI is InChI=1S/C9H11O4P/c1-2-9(10,13-14(11)12)8-6-4-3-5-7-8/h2-7,10,14H,1H2,(H,11,12). The minimum Gasteiger partial charge on any atom is -0.358 e. The first-order chi connectivity index (χ1) is 6.58. The maximum Gasteiger partial charge on any atom is 0.319 e. The molecule has 0 saturated carbocycles. The number of rotatable bonds is 4. The van der Waals surface area contributed by atoms with Crippen molar-refractivity contribution in [3.63, 3.8) is 0 Å². The number of hydrogen-bond acceptors (Lipinski definition) is 3. The van der Waals surface area contributed by atoms with Crippen molar-refractivity contribution in [1.82, 2.24) is 0 Å². The van der Waals surface area contributed by atoms with Crippen LogP contribution in [0.2, 0.25) is 0 Å². The highest BCUT2D eigenvalue weighted by Crippen LogP contribution is 2.33. The van der Waals surface area contributed by atoms with Crippen LogP contribution in [0.5, 0.6) is 0 Å². The van der Waals surface area contributed by atoms with E-state index in [1.165, 1.54) is 0 Å². The summed E-state index contributed by atoms with van der Waals surface area (Å²) in [6, 6.07) is 8.28. The smallest absolute Gasteiger partial charge is 0.319 e. The molecule has 14 heavy (non-hydrogen) atoms. The molecule has 0 aliphatic heterocycles. The first kappa shape index (κ1) is 11.1. The number of hydrogen-bond donors (Lipinski definition) is 2. The van der Waals surface area contributed by atoms with Crippen molar-refractivity contribution in [2.24, 2.45) is 0 Å². The summed E-state index contributed by atoms with van der Waals surface area (Å²) in [5, 5.41) is 9.79. The SMILES string of the molecule is C=CC(O)(O[PH](=O)O)c1ccccc1. The van der Waals surface area contributed by atoms with Gasteiger partial charge in [-0.3, -0.25) is 9.09 Å². The summed E-state index contributed by atoms with van der Waals surface area (Å²) >= 11 is 0. The van der Waals surface area contributed by atoms with Crippen LogP contribution >= 0.6 is 8.25 Å². The van der Waals surface area contributed by atoms with E-state index in [0.29, 0.717) is 5.56 Å². The molecular weight excluding hydrogens is 203 g/mol. The second-order valence-electron chi connectivity index (χ2n) is 2.63. The molecule has 0 aromatic heterocycles. The van der Waals surface area contributed by atoms with Gasteiger partial charge in [-0.2, -0.15) is 0 Å². The van der Waals surface area contributed by atoms with Gasteiger partial charge in [0.15, 0.2) is 0 Å². The van der Waals surface area contributed by atoms with Gasteiger partial charge in [0, 0.05) is 5.56 Å². The molecule has 4 nitrogen and oxygen atoms in total. The van der Waals surface area contributed by atoms with E-state index in [4.69, 9.17) is 4.89 Å². The van der Waals surface area contributed by atoms with E-state index in [2.05, 4.69) is 11.1 Å². The predicted molar refractivity (Wildman–Crippen MR) is 52.8 cm³/mol. The predicted octanol–water partition coefficient (Wildman–Crippen LogP) is 1.42. The monoisotopic (exact) mass is 214 g/mol. The average molecular weight is 214 g/mol. The van der Waals surface area contributed by atoms with E-state index in [1.54, 1.807) is 30.3 Å². The summed E-state index contributed by atoms with van der Waals surface area (Å²) in [4.78, 5) is 8.60. The maximum atomic E-state index is 10.5. The lowest BCUT2D eigenvalue weighted by Gasteiger charge is -2.22. The molecule has 0 saturated heterocycles.